The summed E-state index contributed by atoms with van der Waals surface area (Å²) in [5, 5.41) is 2.81. The topological polar surface area (TPSA) is 58.6 Å². The Labute approximate surface area is 109 Å². The quantitative estimate of drug-likeness (QED) is 0.831. The van der Waals surface area contributed by atoms with Crippen molar-refractivity contribution in [2.75, 3.05) is 26.2 Å². The summed E-state index contributed by atoms with van der Waals surface area (Å²) in [6.45, 7) is 8.09. The summed E-state index contributed by atoms with van der Waals surface area (Å²) >= 11 is 0. The highest BCUT2D eigenvalue weighted by Gasteiger charge is 2.24. The fourth-order valence-electron chi connectivity index (χ4n) is 2.01. The van der Waals surface area contributed by atoms with E-state index >= 15 is 0 Å². The highest BCUT2D eigenvalue weighted by Crippen LogP contribution is 2.16. The van der Waals surface area contributed by atoms with Gasteiger partial charge in [0.05, 0.1) is 6.61 Å². The van der Waals surface area contributed by atoms with Crippen LogP contribution in [0, 0.1) is 11.8 Å². The number of hydrogen-bond donors (Lipinski definition) is 1. The van der Waals surface area contributed by atoms with Crippen molar-refractivity contribution in [3.8, 4) is 0 Å². The van der Waals surface area contributed by atoms with Crippen LogP contribution >= 0.6 is 0 Å². The lowest BCUT2D eigenvalue weighted by molar-refractivity contribution is -0.119. The standard InChI is InChI=1S/C13H24N2O3/c1-10(2)9-18-13(17)15-6-4-5-12(8-15)7-14-11(3)16/h10,12H,4-9H2,1-3H3,(H,14,16). The molecule has 1 heterocycles. The van der Waals surface area contributed by atoms with E-state index in [1.54, 1.807) is 4.90 Å². The Morgan fingerprint density at radius 3 is 2.78 bits per heavy atom. The van der Waals surface area contributed by atoms with E-state index in [1.165, 1.54) is 6.92 Å². The van der Waals surface area contributed by atoms with Crippen LogP contribution in [0.3, 0.4) is 0 Å². The highest BCUT2D eigenvalue weighted by atomic mass is 16.6. The lowest BCUT2D eigenvalue weighted by Crippen LogP contribution is -2.43. The zero-order valence-corrected chi connectivity index (χ0v) is 11.6. The van der Waals surface area contributed by atoms with E-state index in [2.05, 4.69) is 5.32 Å². The minimum atomic E-state index is -0.226. The summed E-state index contributed by atoms with van der Waals surface area (Å²) in [6.07, 6.45) is 1.80. The van der Waals surface area contributed by atoms with Gasteiger partial charge < -0.3 is 15.0 Å². The molecule has 1 atom stereocenters. The third-order valence-corrected chi connectivity index (χ3v) is 2.96. The summed E-state index contributed by atoms with van der Waals surface area (Å²) in [5.41, 5.74) is 0. The maximum Gasteiger partial charge on any atom is 0.409 e. The number of rotatable bonds is 4. The van der Waals surface area contributed by atoms with Gasteiger partial charge in [-0.1, -0.05) is 13.8 Å². The van der Waals surface area contributed by atoms with Crippen LogP contribution in [0.4, 0.5) is 4.79 Å². The fraction of sp³-hybridized carbons (Fsp3) is 0.846. The summed E-state index contributed by atoms with van der Waals surface area (Å²) in [5.74, 6) is 0.678. The fourth-order valence-corrected chi connectivity index (χ4v) is 2.01. The van der Waals surface area contributed by atoms with E-state index in [-0.39, 0.29) is 12.0 Å². The second-order valence-electron chi connectivity index (χ2n) is 5.36. The molecule has 0 aromatic rings. The SMILES string of the molecule is CC(=O)NCC1CCCN(C(=O)OCC(C)C)C1. The first kappa shape index (κ1) is 14.8. The Balaban J connectivity index is 2.33. The van der Waals surface area contributed by atoms with Crippen molar-refractivity contribution >= 4 is 12.0 Å². The molecule has 0 saturated carbocycles. The van der Waals surface area contributed by atoms with E-state index < -0.39 is 0 Å². The van der Waals surface area contributed by atoms with Crippen LogP contribution in [0.25, 0.3) is 0 Å². The van der Waals surface area contributed by atoms with Crippen LogP contribution in [-0.4, -0.2) is 43.1 Å². The number of amides is 2. The van der Waals surface area contributed by atoms with Crippen LogP contribution in [-0.2, 0) is 9.53 Å². The second-order valence-corrected chi connectivity index (χ2v) is 5.36. The Morgan fingerprint density at radius 1 is 1.44 bits per heavy atom. The van der Waals surface area contributed by atoms with E-state index in [1.807, 2.05) is 13.8 Å². The number of carbonyl (C=O) groups excluding carboxylic acids is 2. The number of piperidine rings is 1. The predicted molar refractivity (Wildman–Crippen MR) is 69.2 cm³/mol. The van der Waals surface area contributed by atoms with Gasteiger partial charge in [-0.05, 0) is 24.7 Å². The van der Waals surface area contributed by atoms with E-state index in [0.717, 1.165) is 19.4 Å². The average molecular weight is 256 g/mol. The number of nitrogens with zero attached hydrogens (tertiary/aromatic N) is 1. The molecule has 104 valence electrons. The zero-order chi connectivity index (χ0) is 13.5. The Morgan fingerprint density at radius 2 is 2.17 bits per heavy atom. The third kappa shape index (κ3) is 5.38. The molecule has 0 aliphatic carbocycles. The molecular formula is C13H24N2O3. The monoisotopic (exact) mass is 256 g/mol. The van der Waals surface area contributed by atoms with Gasteiger partial charge in [0, 0.05) is 26.6 Å². The average Bonchev–Trinajstić information content (AvgIpc) is 2.33. The molecular weight excluding hydrogens is 232 g/mol. The van der Waals surface area contributed by atoms with Gasteiger partial charge in [-0.15, -0.1) is 0 Å². The zero-order valence-electron chi connectivity index (χ0n) is 11.6. The molecule has 1 aliphatic heterocycles. The summed E-state index contributed by atoms with van der Waals surface area (Å²) in [6, 6.07) is 0. The second kappa shape index (κ2) is 7.24. The molecule has 2 amide bonds. The van der Waals surface area contributed by atoms with Crippen molar-refractivity contribution in [2.45, 2.75) is 33.6 Å². The third-order valence-electron chi connectivity index (χ3n) is 2.96. The van der Waals surface area contributed by atoms with Gasteiger partial charge in [0.2, 0.25) is 5.91 Å². The molecule has 0 aromatic carbocycles. The lowest BCUT2D eigenvalue weighted by atomic mass is 9.98. The van der Waals surface area contributed by atoms with Gasteiger partial charge >= 0.3 is 6.09 Å². The summed E-state index contributed by atoms with van der Waals surface area (Å²) in [4.78, 5) is 24.4. The molecule has 0 aromatic heterocycles. The van der Waals surface area contributed by atoms with E-state index in [0.29, 0.717) is 31.5 Å². The number of ether oxygens (including phenoxy) is 1. The van der Waals surface area contributed by atoms with Crippen LogP contribution in [0.15, 0.2) is 0 Å². The molecule has 0 radical (unpaired) electrons. The largest absolute Gasteiger partial charge is 0.449 e. The minimum absolute atomic E-state index is 0.0190. The van der Waals surface area contributed by atoms with E-state index in [9.17, 15) is 9.59 Å². The minimum Gasteiger partial charge on any atom is -0.449 e. The smallest absolute Gasteiger partial charge is 0.409 e. The molecule has 1 unspecified atom stereocenters. The highest BCUT2D eigenvalue weighted by molar-refractivity contribution is 5.72. The van der Waals surface area contributed by atoms with Gasteiger partial charge in [0.25, 0.3) is 0 Å². The van der Waals surface area contributed by atoms with Crippen molar-refractivity contribution in [2.24, 2.45) is 11.8 Å². The van der Waals surface area contributed by atoms with Crippen LogP contribution < -0.4 is 5.32 Å². The first-order valence-corrected chi connectivity index (χ1v) is 6.65. The van der Waals surface area contributed by atoms with Gasteiger partial charge in [0.1, 0.15) is 0 Å². The molecule has 18 heavy (non-hydrogen) atoms. The molecule has 0 bridgehead atoms. The lowest BCUT2D eigenvalue weighted by Gasteiger charge is -2.32. The molecule has 5 nitrogen and oxygen atoms in total. The number of nitrogens with one attached hydrogen (secondary N) is 1. The molecule has 1 N–H and O–H groups in total. The van der Waals surface area contributed by atoms with Crippen molar-refractivity contribution < 1.29 is 14.3 Å². The van der Waals surface area contributed by atoms with Crippen molar-refractivity contribution in [3.63, 3.8) is 0 Å². The first-order valence-electron chi connectivity index (χ1n) is 6.65. The predicted octanol–water partition coefficient (Wildman–Crippen LogP) is 1.63. The van der Waals surface area contributed by atoms with Gasteiger partial charge in [-0.3, -0.25) is 4.79 Å². The van der Waals surface area contributed by atoms with Crippen LogP contribution in [0.2, 0.25) is 0 Å². The van der Waals surface area contributed by atoms with Crippen LogP contribution in [0.1, 0.15) is 33.6 Å². The molecule has 1 rings (SSSR count). The summed E-state index contributed by atoms with van der Waals surface area (Å²) < 4.78 is 5.22. The number of carbonyl (C=O) groups is 2. The van der Waals surface area contributed by atoms with Crippen molar-refractivity contribution in [1.82, 2.24) is 10.2 Å². The Bertz CT molecular complexity index is 292. The molecule has 1 saturated heterocycles. The molecule has 5 heteroatoms. The van der Waals surface area contributed by atoms with Crippen molar-refractivity contribution in [3.05, 3.63) is 0 Å². The maximum absolute atomic E-state index is 11.8. The molecule has 0 spiro atoms. The maximum atomic E-state index is 11.8. The molecule has 1 fully saturated rings. The van der Waals surface area contributed by atoms with Gasteiger partial charge in [-0.25, -0.2) is 4.79 Å². The van der Waals surface area contributed by atoms with Crippen molar-refractivity contribution in [1.29, 1.82) is 0 Å². The first-order chi connectivity index (χ1) is 8.49. The number of likely N-dealkylation sites (tertiary alicyclic amines) is 1. The van der Waals surface area contributed by atoms with Gasteiger partial charge in [0.15, 0.2) is 0 Å². The molecule has 1 aliphatic rings. The van der Waals surface area contributed by atoms with Gasteiger partial charge in [-0.2, -0.15) is 0 Å². The van der Waals surface area contributed by atoms with Crippen LogP contribution in [0.5, 0.6) is 0 Å². The Hall–Kier alpha value is -1.26. The number of hydrogen-bond acceptors (Lipinski definition) is 3. The summed E-state index contributed by atoms with van der Waals surface area (Å²) in [7, 11) is 0. The normalized spacial score (nSPS) is 19.8. The van der Waals surface area contributed by atoms with E-state index in [4.69, 9.17) is 4.74 Å². The Kier molecular flexibility index (Phi) is 5.95.